The Morgan fingerprint density at radius 1 is 0.880 bits per heavy atom. The zero-order valence-electron chi connectivity index (χ0n) is 14.3. The third-order valence-electron chi connectivity index (χ3n) is 4.85. The van der Waals surface area contributed by atoms with Gasteiger partial charge in [0.15, 0.2) is 0 Å². The molecule has 4 heteroatoms. The van der Waals surface area contributed by atoms with Crippen LogP contribution in [0.3, 0.4) is 0 Å². The fourth-order valence-electron chi connectivity index (χ4n) is 3.42. The molecule has 0 bridgehead atoms. The monoisotopic (exact) mass is 328 g/mol. The van der Waals surface area contributed by atoms with Crippen molar-refractivity contribution < 1.29 is 0 Å². The molecular weight excluding hydrogens is 308 g/mol. The topological polar surface area (TPSA) is 43.2 Å². The number of hydrogen-bond donors (Lipinski definition) is 0. The van der Waals surface area contributed by atoms with E-state index < -0.39 is 0 Å². The summed E-state index contributed by atoms with van der Waals surface area (Å²) in [5.74, 6) is 0.813. The van der Waals surface area contributed by atoms with E-state index in [4.69, 9.17) is 4.98 Å². The summed E-state index contributed by atoms with van der Waals surface area (Å²) in [7, 11) is 2.13. The molecule has 1 aliphatic heterocycles. The number of anilines is 1. The number of benzene rings is 2. The van der Waals surface area contributed by atoms with Crippen molar-refractivity contribution in [3.63, 3.8) is 0 Å². The maximum absolute atomic E-state index is 9.83. The van der Waals surface area contributed by atoms with Gasteiger partial charge in [-0.1, -0.05) is 54.6 Å². The van der Waals surface area contributed by atoms with Gasteiger partial charge in [-0.15, -0.1) is 0 Å². The maximum atomic E-state index is 9.83. The van der Waals surface area contributed by atoms with Crippen LogP contribution in [-0.2, 0) is 0 Å². The highest BCUT2D eigenvalue weighted by atomic mass is 15.3. The number of fused-ring (bicyclic) bond motifs is 1. The first kappa shape index (κ1) is 15.6. The summed E-state index contributed by atoms with van der Waals surface area (Å²) in [6.07, 6.45) is 0. The third-order valence-corrected chi connectivity index (χ3v) is 4.85. The first-order valence-corrected chi connectivity index (χ1v) is 8.59. The Bertz CT molecular complexity index is 935. The van der Waals surface area contributed by atoms with Crippen molar-refractivity contribution in [2.45, 2.75) is 0 Å². The van der Waals surface area contributed by atoms with Crippen LogP contribution in [-0.4, -0.2) is 43.1 Å². The first-order valence-electron chi connectivity index (χ1n) is 8.59. The van der Waals surface area contributed by atoms with Gasteiger partial charge in [-0.2, -0.15) is 5.26 Å². The lowest BCUT2D eigenvalue weighted by Crippen LogP contribution is -2.45. The summed E-state index contributed by atoms with van der Waals surface area (Å²) in [5, 5.41) is 11.8. The molecule has 2 aromatic carbocycles. The van der Waals surface area contributed by atoms with Gasteiger partial charge in [0.05, 0.1) is 5.69 Å². The summed E-state index contributed by atoms with van der Waals surface area (Å²) < 4.78 is 0. The van der Waals surface area contributed by atoms with Gasteiger partial charge in [-0.25, -0.2) is 4.98 Å². The zero-order valence-corrected chi connectivity index (χ0v) is 14.3. The predicted octanol–water partition coefficient (Wildman–Crippen LogP) is 3.53. The average molecular weight is 328 g/mol. The summed E-state index contributed by atoms with van der Waals surface area (Å²) in [6, 6.07) is 20.7. The summed E-state index contributed by atoms with van der Waals surface area (Å²) in [5.41, 5.74) is 2.71. The highest BCUT2D eigenvalue weighted by Crippen LogP contribution is 2.34. The standard InChI is InChI=1S/C21H20N4/c1-24-11-13-25(14-12-24)21-19(15-22)17-9-5-6-10-18(17)20(23-21)16-7-3-2-4-8-16/h2-10H,11-14H2,1H3. The maximum Gasteiger partial charge on any atom is 0.147 e. The van der Waals surface area contributed by atoms with Crippen LogP contribution in [0.5, 0.6) is 0 Å². The van der Waals surface area contributed by atoms with Gasteiger partial charge in [-0.3, -0.25) is 0 Å². The second-order valence-electron chi connectivity index (χ2n) is 6.47. The number of piperazine rings is 1. The molecule has 1 aromatic heterocycles. The fraction of sp³-hybridized carbons (Fsp3) is 0.238. The lowest BCUT2D eigenvalue weighted by molar-refractivity contribution is 0.312. The summed E-state index contributed by atoms with van der Waals surface area (Å²) >= 11 is 0. The Balaban J connectivity index is 1.95. The molecule has 0 saturated carbocycles. The van der Waals surface area contributed by atoms with Gasteiger partial charge in [0.25, 0.3) is 0 Å². The van der Waals surface area contributed by atoms with Gasteiger partial charge in [-0.05, 0) is 7.05 Å². The first-order chi connectivity index (χ1) is 12.3. The molecule has 1 fully saturated rings. The van der Waals surface area contributed by atoms with Crippen molar-refractivity contribution in [1.29, 1.82) is 5.26 Å². The Labute approximate surface area is 147 Å². The third kappa shape index (κ3) is 2.84. The molecule has 4 nitrogen and oxygen atoms in total. The molecule has 0 atom stereocenters. The molecule has 0 radical (unpaired) electrons. The molecule has 0 aliphatic carbocycles. The van der Waals surface area contributed by atoms with Crippen molar-refractivity contribution in [3.8, 4) is 17.3 Å². The van der Waals surface area contributed by atoms with E-state index in [0.717, 1.165) is 54.0 Å². The molecule has 0 spiro atoms. The molecule has 0 amide bonds. The van der Waals surface area contributed by atoms with Crippen molar-refractivity contribution in [2.24, 2.45) is 0 Å². The van der Waals surface area contributed by atoms with Crippen LogP contribution in [0.1, 0.15) is 5.56 Å². The minimum atomic E-state index is 0.680. The molecule has 25 heavy (non-hydrogen) atoms. The van der Waals surface area contributed by atoms with E-state index in [1.165, 1.54) is 0 Å². The summed E-state index contributed by atoms with van der Waals surface area (Å²) in [4.78, 5) is 9.53. The second kappa shape index (κ2) is 6.54. The second-order valence-corrected chi connectivity index (χ2v) is 6.47. The minimum absolute atomic E-state index is 0.680. The number of nitriles is 1. The zero-order chi connectivity index (χ0) is 17.2. The molecule has 124 valence electrons. The molecule has 3 aromatic rings. The van der Waals surface area contributed by atoms with Crippen LogP contribution in [0.4, 0.5) is 5.82 Å². The Kier molecular flexibility index (Phi) is 4.09. The highest BCUT2D eigenvalue weighted by Gasteiger charge is 2.22. The summed E-state index contributed by atoms with van der Waals surface area (Å²) in [6.45, 7) is 3.76. The molecular formula is C21H20N4. The van der Waals surface area contributed by atoms with Crippen LogP contribution in [0.15, 0.2) is 54.6 Å². The quantitative estimate of drug-likeness (QED) is 0.722. The van der Waals surface area contributed by atoms with E-state index in [0.29, 0.717) is 5.56 Å². The van der Waals surface area contributed by atoms with Crippen molar-refractivity contribution in [3.05, 3.63) is 60.2 Å². The predicted molar refractivity (Wildman–Crippen MR) is 102 cm³/mol. The number of rotatable bonds is 2. The van der Waals surface area contributed by atoms with Crippen LogP contribution in [0.2, 0.25) is 0 Å². The van der Waals surface area contributed by atoms with Crippen molar-refractivity contribution >= 4 is 16.6 Å². The van der Waals surface area contributed by atoms with Crippen molar-refractivity contribution in [2.75, 3.05) is 38.1 Å². The van der Waals surface area contributed by atoms with Crippen LogP contribution in [0, 0.1) is 11.3 Å². The molecule has 0 unspecified atom stereocenters. The Morgan fingerprint density at radius 3 is 2.20 bits per heavy atom. The van der Waals surface area contributed by atoms with E-state index in [1.54, 1.807) is 0 Å². The number of pyridine rings is 1. The van der Waals surface area contributed by atoms with Gasteiger partial charge in [0.2, 0.25) is 0 Å². The van der Waals surface area contributed by atoms with Crippen LogP contribution >= 0.6 is 0 Å². The number of likely N-dealkylation sites (N-methyl/N-ethyl adjacent to an activating group) is 1. The van der Waals surface area contributed by atoms with E-state index in [2.05, 4.69) is 41.1 Å². The highest BCUT2D eigenvalue weighted by molar-refractivity contribution is 6.00. The van der Waals surface area contributed by atoms with Crippen molar-refractivity contribution in [1.82, 2.24) is 9.88 Å². The molecule has 0 N–H and O–H groups in total. The Morgan fingerprint density at radius 2 is 1.52 bits per heavy atom. The van der Waals surface area contributed by atoms with Crippen LogP contribution in [0.25, 0.3) is 22.0 Å². The van der Waals surface area contributed by atoms with Gasteiger partial charge in [0, 0.05) is 42.5 Å². The minimum Gasteiger partial charge on any atom is -0.353 e. The normalized spacial score (nSPS) is 15.3. The smallest absolute Gasteiger partial charge is 0.147 e. The van der Waals surface area contributed by atoms with E-state index in [9.17, 15) is 5.26 Å². The van der Waals surface area contributed by atoms with Crippen LogP contribution < -0.4 is 4.90 Å². The number of aromatic nitrogens is 1. The fourth-order valence-corrected chi connectivity index (χ4v) is 3.42. The average Bonchev–Trinajstić information content (AvgIpc) is 2.68. The van der Waals surface area contributed by atoms with E-state index in [-0.39, 0.29) is 0 Å². The lowest BCUT2D eigenvalue weighted by atomic mass is 10.00. The number of nitrogens with zero attached hydrogens (tertiary/aromatic N) is 4. The SMILES string of the molecule is CN1CCN(c2nc(-c3ccccc3)c3ccccc3c2C#N)CC1. The molecule has 1 saturated heterocycles. The Hall–Kier alpha value is -2.90. The van der Waals surface area contributed by atoms with E-state index in [1.807, 2.05) is 36.4 Å². The van der Waals surface area contributed by atoms with E-state index >= 15 is 0 Å². The molecule has 2 heterocycles. The lowest BCUT2D eigenvalue weighted by Gasteiger charge is -2.34. The molecule has 4 rings (SSSR count). The van der Waals surface area contributed by atoms with Gasteiger partial charge >= 0.3 is 0 Å². The molecule has 1 aliphatic rings. The van der Waals surface area contributed by atoms with Gasteiger partial charge in [0.1, 0.15) is 17.5 Å². The largest absolute Gasteiger partial charge is 0.353 e. The van der Waals surface area contributed by atoms with Gasteiger partial charge < -0.3 is 9.80 Å². The number of hydrogen-bond acceptors (Lipinski definition) is 4.